The number of alkyl halides is 1. The topological polar surface area (TPSA) is 30.7 Å². The molecular formula is C29H26IN3. The second kappa shape index (κ2) is 9.10. The molecule has 0 bridgehead atoms. The van der Waals surface area contributed by atoms with Crippen LogP contribution in [-0.2, 0) is 0 Å². The molecule has 0 saturated heterocycles. The molecule has 33 heavy (non-hydrogen) atoms. The van der Waals surface area contributed by atoms with Crippen LogP contribution in [0.15, 0.2) is 103 Å². The Hall–Kier alpha value is -2.99. The molecule has 1 aromatic heterocycles. The number of hydrogen-bond donors (Lipinski definition) is 0. The fourth-order valence-electron chi connectivity index (χ4n) is 4.22. The molecule has 1 unspecified atom stereocenters. The van der Waals surface area contributed by atoms with Crippen LogP contribution >= 0.6 is 22.6 Å². The summed E-state index contributed by atoms with van der Waals surface area (Å²) in [5.41, 5.74) is 5.62. The maximum atomic E-state index is 4.65. The van der Waals surface area contributed by atoms with Crippen LogP contribution in [0.25, 0.3) is 33.8 Å². The third kappa shape index (κ3) is 4.58. The molecule has 0 fully saturated rings. The van der Waals surface area contributed by atoms with Crippen molar-refractivity contribution < 1.29 is 0 Å². The molecule has 5 rings (SSSR count). The van der Waals surface area contributed by atoms with Gasteiger partial charge in [0.2, 0.25) is 0 Å². The van der Waals surface area contributed by atoms with Crippen LogP contribution < -0.4 is 0 Å². The third-order valence-electron chi connectivity index (χ3n) is 6.17. The minimum atomic E-state index is 0.217. The van der Waals surface area contributed by atoms with Crippen molar-refractivity contribution in [2.24, 2.45) is 5.92 Å². The Morgan fingerprint density at radius 3 is 1.94 bits per heavy atom. The molecule has 1 aliphatic carbocycles. The van der Waals surface area contributed by atoms with E-state index in [4.69, 9.17) is 0 Å². The summed E-state index contributed by atoms with van der Waals surface area (Å²) in [4.78, 5) is 0. The Labute approximate surface area is 209 Å². The molecule has 0 N–H and O–H groups in total. The lowest BCUT2D eigenvalue weighted by atomic mass is 9.87. The van der Waals surface area contributed by atoms with Gasteiger partial charge in [0.25, 0.3) is 0 Å². The second-order valence-corrected chi connectivity index (χ2v) is 11.7. The van der Waals surface area contributed by atoms with Crippen molar-refractivity contribution in [3.8, 4) is 28.2 Å². The summed E-state index contributed by atoms with van der Waals surface area (Å²) in [6.45, 7) is 4.57. The fourth-order valence-corrected chi connectivity index (χ4v) is 4.68. The summed E-state index contributed by atoms with van der Waals surface area (Å²) >= 11 is 2.54. The molecule has 0 amide bonds. The number of halogens is 1. The average Bonchev–Trinajstić information content (AvgIpc) is 3.30. The second-order valence-electron chi connectivity index (χ2n) is 8.89. The van der Waals surface area contributed by atoms with Crippen LogP contribution in [0.5, 0.6) is 0 Å². The first-order valence-corrected chi connectivity index (χ1v) is 12.3. The maximum Gasteiger partial charge on any atom is 0.168 e. The lowest BCUT2D eigenvalue weighted by Gasteiger charge is -2.27. The number of aromatic nitrogens is 3. The highest BCUT2D eigenvalue weighted by Crippen LogP contribution is 2.36. The minimum absolute atomic E-state index is 0.217. The van der Waals surface area contributed by atoms with E-state index < -0.39 is 0 Å². The van der Waals surface area contributed by atoms with Crippen molar-refractivity contribution >= 4 is 28.2 Å². The van der Waals surface area contributed by atoms with Gasteiger partial charge in [0, 0.05) is 20.2 Å². The Bertz CT molecular complexity index is 1290. The van der Waals surface area contributed by atoms with Crippen molar-refractivity contribution in [3.63, 3.8) is 0 Å². The molecule has 1 atom stereocenters. The van der Waals surface area contributed by atoms with Gasteiger partial charge in [0.05, 0.1) is 0 Å². The number of allylic oxidation sites excluding steroid dienone is 4. The van der Waals surface area contributed by atoms with Gasteiger partial charge in [-0.25, -0.2) is 0 Å². The van der Waals surface area contributed by atoms with E-state index in [0.29, 0.717) is 5.92 Å². The van der Waals surface area contributed by atoms with Gasteiger partial charge in [-0.15, -0.1) is 10.2 Å². The number of para-hydroxylation sites is 1. The predicted octanol–water partition coefficient (Wildman–Crippen LogP) is 7.77. The molecular weight excluding hydrogens is 517 g/mol. The van der Waals surface area contributed by atoms with E-state index in [2.05, 4.69) is 142 Å². The quantitative estimate of drug-likeness (QED) is 0.190. The third-order valence-corrected chi connectivity index (χ3v) is 6.97. The van der Waals surface area contributed by atoms with E-state index in [-0.39, 0.29) is 3.42 Å². The van der Waals surface area contributed by atoms with Crippen LogP contribution in [0.2, 0.25) is 0 Å². The van der Waals surface area contributed by atoms with Crippen molar-refractivity contribution in [2.75, 3.05) is 0 Å². The van der Waals surface area contributed by atoms with E-state index in [0.717, 1.165) is 34.9 Å². The molecule has 0 aliphatic heterocycles. The zero-order chi connectivity index (χ0) is 22.8. The summed E-state index contributed by atoms with van der Waals surface area (Å²) < 4.78 is 2.39. The largest absolute Gasteiger partial charge is 0.275 e. The minimum Gasteiger partial charge on any atom is -0.275 e. The molecule has 1 heterocycles. The molecule has 0 saturated carbocycles. The smallest absolute Gasteiger partial charge is 0.168 e. The molecule has 4 heteroatoms. The van der Waals surface area contributed by atoms with Crippen molar-refractivity contribution in [2.45, 2.75) is 23.7 Å². The van der Waals surface area contributed by atoms with Gasteiger partial charge in [-0.3, -0.25) is 4.57 Å². The lowest BCUT2D eigenvalue weighted by molar-refractivity contribution is 0.538. The van der Waals surface area contributed by atoms with Crippen LogP contribution in [0, 0.1) is 5.92 Å². The van der Waals surface area contributed by atoms with Gasteiger partial charge in [0.1, 0.15) is 0 Å². The summed E-state index contributed by atoms with van der Waals surface area (Å²) in [6, 6.07) is 29.4. The number of rotatable bonds is 5. The maximum absolute atomic E-state index is 4.65. The zero-order valence-corrected chi connectivity index (χ0v) is 21.0. The first-order valence-electron chi connectivity index (χ1n) is 11.2. The summed E-state index contributed by atoms with van der Waals surface area (Å²) in [6.07, 6.45) is 7.84. The Morgan fingerprint density at radius 1 is 0.758 bits per heavy atom. The highest BCUT2D eigenvalue weighted by Gasteiger charge is 2.26. The first kappa shape index (κ1) is 21.8. The van der Waals surface area contributed by atoms with E-state index in [1.807, 2.05) is 12.1 Å². The number of hydrogen-bond acceptors (Lipinski definition) is 2. The fraction of sp³-hybridized carbons (Fsp3) is 0.172. The summed E-state index contributed by atoms with van der Waals surface area (Å²) in [7, 11) is 0. The Balaban J connectivity index is 1.55. The highest BCUT2D eigenvalue weighted by atomic mass is 127. The molecule has 4 aromatic rings. The van der Waals surface area contributed by atoms with Gasteiger partial charge < -0.3 is 0 Å². The summed E-state index contributed by atoms with van der Waals surface area (Å²) in [5.74, 6) is 2.24. The molecule has 3 aromatic carbocycles. The van der Waals surface area contributed by atoms with E-state index in [1.54, 1.807) is 0 Å². The lowest BCUT2D eigenvalue weighted by Crippen LogP contribution is -2.22. The van der Waals surface area contributed by atoms with Crippen LogP contribution in [0.1, 0.15) is 26.1 Å². The molecule has 3 nitrogen and oxygen atoms in total. The summed E-state index contributed by atoms with van der Waals surface area (Å²) in [5, 5.41) is 9.30. The van der Waals surface area contributed by atoms with E-state index >= 15 is 0 Å². The standard InChI is InChI=1S/C29H26IN3/c1-29(2,30)25-19-17-24(18-20-25)28-32-31-27(33(28)26-11-7-4-8-12-26)23-15-13-22(14-16-23)21-9-5-3-6-10-21/h3-19,25H,20H2,1-2H3. The van der Waals surface area contributed by atoms with Gasteiger partial charge in [-0.1, -0.05) is 127 Å². The van der Waals surface area contributed by atoms with Crippen molar-refractivity contribution in [3.05, 3.63) is 109 Å². The molecule has 0 spiro atoms. The van der Waals surface area contributed by atoms with Gasteiger partial charge in [-0.2, -0.15) is 0 Å². The predicted molar refractivity (Wildman–Crippen MR) is 146 cm³/mol. The highest BCUT2D eigenvalue weighted by molar-refractivity contribution is 14.1. The average molecular weight is 543 g/mol. The Kier molecular flexibility index (Phi) is 6.02. The first-order chi connectivity index (χ1) is 16.0. The van der Waals surface area contributed by atoms with Gasteiger partial charge >= 0.3 is 0 Å². The van der Waals surface area contributed by atoms with Gasteiger partial charge in [-0.05, 0) is 35.6 Å². The normalized spacial score (nSPS) is 16.0. The molecule has 0 radical (unpaired) electrons. The molecule has 1 aliphatic rings. The zero-order valence-electron chi connectivity index (χ0n) is 18.8. The Morgan fingerprint density at radius 2 is 1.33 bits per heavy atom. The van der Waals surface area contributed by atoms with E-state index in [1.165, 1.54) is 11.1 Å². The van der Waals surface area contributed by atoms with Gasteiger partial charge in [0.15, 0.2) is 11.6 Å². The van der Waals surface area contributed by atoms with E-state index in [9.17, 15) is 0 Å². The van der Waals surface area contributed by atoms with Crippen LogP contribution in [-0.4, -0.2) is 18.2 Å². The van der Waals surface area contributed by atoms with Crippen molar-refractivity contribution in [1.29, 1.82) is 0 Å². The monoisotopic (exact) mass is 543 g/mol. The van der Waals surface area contributed by atoms with Crippen LogP contribution in [0.3, 0.4) is 0 Å². The number of nitrogens with zero attached hydrogens (tertiary/aromatic N) is 3. The molecule has 164 valence electrons. The number of benzene rings is 3. The van der Waals surface area contributed by atoms with Crippen molar-refractivity contribution in [1.82, 2.24) is 14.8 Å². The van der Waals surface area contributed by atoms with Crippen LogP contribution in [0.4, 0.5) is 0 Å². The SMILES string of the molecule is CC(C)(I)C1C=CC(c2nnc(-c3ccc(-c4ccccc4)cc3)n2-c2ccccc2)=CC1.